The van der Waals surface area contributed by atoms with E-state index in [9.17, 15) is 18.8 Å². The van der Waals surface area contributed by atoms with Crippen LogP contribution < -0.4 is 20.7 Å². The third kappa shape index (κ3) is 6.52. The van der Waals surface area contributed by atoms with Crippen LogP contribution in [-0.4, -0.2) is 101 Å². The van der Waals surface area contributed by atoms with Crippen LogP contribution in [0.4, 0.5) is 27.5 Å². The first-order chi connectivity index (χ1) is 21.6. The van der Waals surface area contributed by atoms with Crippen LogP contribution in [0.5, 0.6) is 5.75 Å². The van der Waals surface area contributed by atoms with Crippen molar-refractivity contribution in [3.05, 3.63) is 42.4 Å². The first-order valence-corrected chi connectivity index (χ1v) is 15.1. The van der Waals surface area contributed by atoms with Gasteiger partial charge in [-0.05, 0) is 70.6 Å². The Kier molecular flexibility index (Phi) is 8.51. The lowest BCUT2D eigenvalue weighted by Crippen LogP contribution is -2.53. The minimum Gasteiger partial charge on any atom is -0.475 e. The lowest BCUT2D eigenvalue weighted by atomic mass is 9.89. The lowest BCUT2D eigenvalue weighted by Gasteiger charge is -2.39. The minimum absolute atomic E-state index is 0.0153. The van der Waals surface area contributed by atoms with Crippen LogP contribution >= 0.6 is 0 Å². The summed E-state index contributed by atoms with van der Waals surface area (Å²) < 4.78 is 26.5. The zero-order chi connectivity index (χ0) is 31.7. The van der Waals surface area contributed by atoms with E-state index in [2.05, 4.69) is 42.9 Å². The van der Waals surface area contributed by atoms with Gasteiger partial charge < -0.3 is 35.2 Å². The summed E-state index contributed by atoms with van der Waals surface area (Å²) in [4.78, 5) is 57.2. The van der Waals surface area contributed by atoms with Crippen molar-refractivity contribution in [2.75, 3.05) is 51.0 Å². The zero-order valence-corrected chi connectivity index (χ0v) is 25.5. The number of carbonyl (C=O) groups excluding carboxylic acids is 3. The van der Waals surface area contributed by atoms with Crippen LogP contribution in [0.2, 0.25) is 0 Å². The highest BCUT2D eigenvalue weighted by Crippen LogP contribution is 2.38. The van der Waals surface area contributed by atoms with Gasteiger partial charge in [0, 0.05) is 31.9 Å². The summed E-state index contributed by atoms with van der Waals surface area (Å²) in [6.45, 7) is 3.82. The summed E-state index contributed by atoms with van der Waals surface area (Å²) >= 11 is 0. The van der Waals surface area contributed by atoms with Gasteiger partial charge in [-0.15, -0.1) is 0 Å². The molecule has 8 heterocycles. The molecule has 2 aromatic rings. The van der Waals surface area contributed by atoms with Crippen molar-refractivity contribution in [3.63, 3.8) is 0 Å². The van der Waals surface area contributed by atoms with Gasteiger partial charge in [-0.25, -0.2) is 14.4 Å². The standard InChI is InChI=1S/C31H37FN8O5/c1-31-16-26(41)33-10-13-40(20-8-11-39(2)12-9-20)28(42)18-4-6-22(25(14-18)44-3)37-30-34-17-21(32)27(38-30)35-19-5-7-24(45-31)23(15-19)36-29(31)43/h4-7,15,17-18,20,25H,8-14,16H2,1-3H3,(H,33,41)(H,36,43)(H,34,35,38). The highest BCUT2D eigenvalue weighted by atomic mass is 19.1. The number of methoxy groups -OCH3 is 1. The molecule has 238 valence electrons. The summed E-state index contributed by atoms with van der Waals surface area (Å²) in [5, 5.41) is 8.60. The molecule has 1 aliphatic carbocycles. The molecule has 3 unspecified atom stereocenters. The molecule has 1 aromatic heterocycles. The molecule has 3 N–H and O–H groups in total. The molecule has 45 heavy (non-hydrogen) atoms. The highest BCUT2D eigenvalue weighted by Gasteiger charge is 2.42. The number of nitrogens with zero attached hydrogens (tertiary/aromatic N) is 5. The Labute approximate surface area is 260 Å². The molecule has 7 aliphatic heterocycles. The Balaban J connectivity index is 1.36. The van der Waals surface area contributed by atoms with Gasteiger partial charge in [0.15, 0.2) is 17.2 Å². The van der Waals surface area contributed by atoms with Gasteiger partial charge in [-0.3, -0.25) is 14.4 Å². The van der Waals surface area contributed by atoms with E-state index in [-0.39, 0.29) is 42.6 Å². The fourth-order valence-electron chi connectivity index (χ4n) is 6.14. The molecule has 3 atom stereocenters. The summed E-state index contributed by atoms with van der Waals surface area (Å²) in [5.74, 6) is -1.83. The third-order valence-corrected chi connectivity index (χ3v) is 8.75. The van der Waals surface area contributed by atoms with Gasteiger partial charge in [0.2, 0.25) is 11.8 Å². The fourth-order valence-corrected chi connectivity index (χ4v) is 6.14. The van der Waals surface area contributed by atoms with Gasteiger partial charge in [0.05, 0.1) is 29.9 Å². The minimum atomic E-state index is -1.46. The number of nitrogens with one attached hydrogen (secondary N) is 3. The van der Waals surface area contributed by atoms with Gasteiger partial charge in [0.25, 0.3) is 11.9 Å². The summed E-state index contributed by atoms with van der Waals surface area (Å²) in [6.07, 6.45) is 5.82. The maximum Gasteiger partial charge on any atom is 0.268 e. The fraction of sp³-hybridized carbons (Fsp3) is 0.484. The van der Waals surface area contributed by atoms with Crippen molar-refractivity contribution in [2.24, 2.45) is 10.9 Å². The summed E-state index contributed by atoms with van der Waals surface area (Å²) in [7, 11) is 3.61. The van der Waals surface area contributed by atoms with Crippen molar-refractivity contribution >= 4 is 46.6 Å². The first-order valence-electron chi connectivity index (χ1n) is 15.1. The largest absolute Gasteiger partial charge is 0.475 e. The molecule has 1 saturated heterocycles. The zero-order valence-electron chi connectivity index (χ0n) is 25.5. The predicted octanol–water partition coefficient (Wildman–Crippen LogP) is 2.56. The van der Waals surface area contributed by atoms with E-state index >= 15 is 0 Å². The molecule has 1 fully saturated rings. The summed E-state index contributed by atoms with van der Waals surface area (Å²) in [5.41, 5.74) is -0.161. The molecule has 13 nitrogen and oxygen atoms in total. The van der Waals surface area contributed by atoms with Gasteiger partial charge in [-0.1, -0.05) is 6.08 Å². The average molecular weight is 621 g/mol. The van der Waals surface area contributed by atoms with Crippen LogP contribution in [0.3, 0.4) is 0 Å². The second-order valence-electron chi connectivity index (χ2n) is 12.0. The molecule has 8 bridgehead atoms. The second-order valence-corrected chi connectivity index (χ2v) is 12.0. The van der Waals surface area contributed by atoms with Crippen LogP contribution in [0.15, 0.2) is 41.5 Å². The number of benzene rings is 1. The SMILES string of the molecule is COC1CC2C=CC1=Nc1ncc(F)c(n1)Nc1ccc3c(c1)NC(=O)C(C)(CC(=O)NCCN(C1CCN(C)CC1)C2=O)O3. The Morgan fingerprint density at radius 1 is 1.13 bits per heavy atom. The molecule has 8 aliphatic rings. The average Bonchev–Trinajstić information content (AvgIpc) is 3.02. The van der Waals surface area contributed by atoms with Gasteiger partial charge in [-0.2, -0.15) is 4.98 Å². The Bertz CT molecular complexity index is 1560. The van der Waals surface area contributed by atoms with Crippen LogP contribution in [0, 0.1) is 11.7 Å². The van der Waals surface area contributed by atoms with Crippen molar-refractivity contribution < 1.29 is 28.2 Å². The number of hydrogen-bond acceptors (Lipinski definition) is 10. The number of aromatic nitrogens is 2. The van der Waals surface area contributed by atoms with E-state index < -0.39 is 29.3 Å². The van der Waals surface area contributed by atoms with Crippen molar-refractivity contribution in [1.82, 2.24) is 25.1 Å². The molecule has 14 heteroatoms. The van der Waals surface area contributed by atoms with Crippen molar-refractivity contribution in [3.8, 4) is 5.75 Å². The normalized spacial score (nSPS) is 26.4. The summed E-state index contributed by atoms with van der Waals surface area (Å²) in [6, 6.07) is 4.88. The number of carbonyl (C=O) groups is 3. The van der Waals surface area contributed by atoms with E-state index in [0.717, 1.165) is 32.1 Å². The van der Waals surface area contributed by atoms with Crippen LogP contribution in [-0.2, 0) is 19.1 Å². The molecule has 0 radical (unpaired) electrons. The van der Waals surface area contributed by atoms with Gasteiger partial charge >= 0.3 is 0 Å². The predicted molar refractivity (Wildman–Crippen MR) is 164 cm³/mol. The number of halogens is 1. The highest BCUT2D eigenvalue weighted by molar-refractivity contribution is 6.03. The Morgan fingerprint density at radius 2 is 1.93 bits per heavy atom. The topological polar surface area (TPSA) is 150 Å². The molecular weight excluding hydrogens is 583 g/mol. The molecule has 0 saturated carbocycles. The molecular formula is C31H37FN8O5. The monoisotopic (exact) mass is 620 g/mol. The Morgan fingerprint density at radius 3 is 2.71 bits per heavy atom. The van der Waals surface area contributed by atoms with E-state index in [1.807, 2.05) is 11.0 Å². The number of aliphatic imine (C=N–C) groups is 1. The number of hydrogen-bond donors (Lipinski definition) is 3. The molecule has 3 amide bonds. The van der Waals surface area contributed by atoms with Gasteiger partial charge in [0.1, 0.15) is 11.9 Å². The van der Waals surface area contributed by atoms with E-state index in [0.29, 0.717) is 35.8 Å². The molecule has 10 rings (SSSR count). The number of amides is 3. The van der Waals surface area contributed by atoms with Crippen molar-refractivity contribution in [2.45, 2.75) is 50.4 Å². The molecule has 1 aromatic carbocycles. The smallest absolute Gasteiger partial charge is 0.268 e. The van der Waals surface area contributed by atoms with E-state index in [1.165, 1.54) is 0 Å². The quantitative estimate of drug-likeness (QED) is 0.460. The number of rotatable bonds is 2. The lowest BCUT2D eigenvalue weighted by molar-refractivity contribution is -0.139. The molecule has 0 spiro atoms. The Hall–Kier alpha value is -4.43. The van der Waals surface area contributed by atoms with E-state index in [1.54, 1.807) is 38.3 Å². The maximum absolute atomic E-state index is 14.8. The number of ether oxygens (including phenoxy) is 2. The van der Waals surface area contributed by atoms with Crippen molar-refractivity contribution in [1.29, 1.82) is 0 Å². The number of piperidine rings is 1. The van der Waals surface area contributed by atoms with Crippen LogP contribution in [0.1, 0.15) is 32.6 Å². The number of anilines is 3. The number of likely N-dealkylation sites (tertiary alicyclic amines) is 1. The first kappa shape index (κ1) is 30.6. The second kappa shape index (κ2) is 12.5. The third-order valence-electron chi connectivity index (χ3n) is 8.75. The van der Waals surface area contributed by atoms with E-state index in [4.69, 9.17) is 9.47 Å². The maximum atomic E-state index is 14.8. The van der Waals surface area contributed by atoms with Crippen LogP contribution in [0.25, 0.3) is 0 Å².